The molecule has 126 valence electrons. The summed E-state index contributed by atoms with van der Waals surface area (Å²) < 4.78 is 0. The van der Waals surface area contributed by atoms with Gasteiger partial charge in [-0.05, 0) is 49.2 Å². The van der Waals surface area contributed by atoms with Crippen LogP contribution in [0, 0.1) is 6.92 Å². The summed E-state index contributed by atoms with van der Waals surface area (Å²) in [4.78, 5) is 24.8. The first kappa shape index (κ1) is 17.5. The summed E-state index contributed by atoms with van der Waals surface area (Å²) in [6, 6.07) is 12.4. The van der Waals surface area contributed by atoms with E-state index in [0.717, 1.165) is 16.8 Å². The van der Waals surface area contributed by atoms with Crippen molar-refractivity contribution in [3.63, 3.8) is 0 Å². The topological polar surface area (TPSA) is 69.6 Å². The lowest BCUT2D eigenvalue weighted by molar-refractivity contribution is 0.0696. The second-order valence-electron chi connectivity index (χ2n) is 5.70. The van der Waals surface area contributed by atoms with Crippen molar-refractivity contribution < 1.29 is 14.7 Å². The number of carbonyl (C=O) groups excluding carboxylic acids is 1. The van der Waals surface area contributed by atoms with E-state index in [0.29, 0.717) is 18.7 Å². The van der Waals surface area contributed by atoms with Crippen LogP contribution in [0.4, 0.5) is 5.69 Å². The molecule has 0 aliphatic carbocycles. The Morgan fingerprint density at radius 1 is 1.08 bits per heavy atom. The number of hydrogen-bond donors (Lipinski definition) is 2. The maximum Gasteiger partial charge on any atom is 0.335 e. The Kier molecular flexibility index (Phi) is 5.58. The second-order valence-corrected chi connectivity index (χ2v) is 5.70. The van der Waals surface area contributed by atoms with Gasteiger partial charge >= 0.3 is 5.97 Å². The molecular weight excluding hydrogens is 304 g/mol. The maximum atomic E-state index is 12.1. The van der Waals surface area contributed by atoms with Crippen LogP contribution in [0.3, 0.4) is 0 Å². The third-order valence-electron chi connectivity index (χ3n) is 3.99. The van der Waals surface area contributed by atoms with Crippen molar-refractivity contribution in [1.82, 2.24) is 4.90 Å². The van der Waals surface area contributed by atoms with Crippen molar-refractivity contribution in [2.24, 2.45) is 0 Å². The molecule has 0 saturated carbocycles. The lowest BCUT2D eigenvalue weighted by Gasteiger charge is -2.15. The highest BCUT2D eigenvalue weighted by atomic mass is 16.4. The van der Waals surface area contributed by atoms with E-state index in [1.807, 2.05) is 38.1 Å². The highest BCUT2D eigenvalue weighted by Gasteiger charge is 2.10. The number of nitrogens with zero attached hydrogens (tertiary/aromatic N) is 1. The molecule has 2 rings (SSSR count). The van der Waals surface area contributed by atoms with Gasteiger partial charge in [-0.25, -0.2) is 4.79 Å². The molecule has 0 aliphatic heterocycles. The van der Waals surface area contributed by atoms with Crippen LogP contribution in [0.2, 0.25) is 0 Å². The monoisotopic (exact) mass is 326 g/mol. The highest BCUT2D eigenvalue weighted by molar-refractivity contribution is 5.94. The average Bonchev–Trinajstić information content (AvgIpc) is 2.60. The predicted octanol–water partition coefficient (Wildman–Crippen LogP) is 3.40. The predicted molar refractivity (Wildman–Crippen MR) is 94.5 cm³/mol. The van der Waals surface area contributed by atoms with Gasteiger partial charge < -0.3 is 15.3 Å². The molecule has 0 spiro atoms. The van der Waals surface area contributed by atoms with Gasteiger partial charge in [-0.15, -0.1) is 0 Å². The number of nitrogens with one attached hydrogen (secondary N) is 1. The summed E-state index contributed by atoms with van der Waals surface area (Å²) >= 11 is 0. The molecule has 0 aromatic heterocycles. The Balaban J connectivity index is 2.06. The molecule has 0 radical (unpaired) electrons. The van der Waals surface area contributed by atoms with Crippen LogP contribution in [0.1, 0.15) is 38.8 Å². The van der Waals surface area contributed by atoms with Crippen LogP contribution in [0.5, 0.6) is 0 Å². The van der Waals surface area contributed by atoms with Gasteiger partial charge in [0.2, 0.25) is 0 Å². The Labute approximate surface area is 141 Å². The number of carboxylic acids is 1. The number of carbonyl (C=O) groups is 2. The summed E-state index contributed by atoms with van der Waals surface area (Å²) in [7, 11) is 1.77. The van der Waals surface area contributed by atoms with E-state index in [1.54, 1.807) is 30.1 Å². The van der Waals surface area contributed by atoms with Crippen LogP contribution in [-0.2, 0) is 6.54 Å². The molecule has 1 amide bonds. The lowest BCUT2D eigenvalue weighted by atomic mass is 10.1. The Morgan fingerprint density at radius 2 is 1.71 bits per heavy atom. The van der Waals surface area contributed by atoms with E-state index in [9.17, 15) is 9.59 Å². The SMILES string of the molecule is CCN(C)C(=O)c1ccc(CNc2cc(C(=O)O)ccc2C)cc1. The molecule has 0 atom stereocenters. The highest BCUT2D eigenvalue weighted by Crippen LogP contribution is 2.18. The first-order chi connectivity index (χ1) is 11.4. The number of rotatable bonds is 6. The average molecular weight is 326 g/mol. The van der Waals surface area contributed by atoms with Gasteiger partial charge in [0.1, 0.15) is 0 Å². The van der Waals surface area contributed by atoms with Crippen LogP contribution in [-0.4, -0.2) is 35.5 Å². The van der Waals surface area contributed by atoms with E-state index in [2.05, 4.69) is 5.32 Å². The molecule has 2 N–H and O–H groups in total. The van der Waals surface area contributed by atoms with Crippen LogP contribution >= 0.6 is 0 Å². The van der Waals surface area contributed by atoms with Gasteiger partial charge in [-0.2, -0.15) is 0 Å². The summed E-state index contributed by atoms with van der Waals surface area (Å²) in [5, 5.41) is 12.3. The molecule has 2 aromatic carbocycles. The van der Waals surface area contributed by atoms with Gasteiger partial charge in [0.05, 0.1) is 5.56 Å². The van der Waals surface area contributed by atoms with E-state index >= 15 is 0 Å². The fourth-order valence-electron chi connectivity index (χ4n) is 2.27. The van der Waals surface area contributed by atoms with Crippen LogP contribution in [0.15, 0.2) is 42.5 Å². The van der Waals surface area contributed by atoms with E-state index < -0.39 is 5.97 Å². The molecule has 24 heavy (non-hydrogen) atoms. The second kappa shape index (κ2) is 7.64. The zero-order valence-corrected chi connectivity index (χ0v) is 14.2. The lowest BCUT2D eigenvalue weighted by Crippen LogP contribution is -2.26. The first-order valence-electron chi connectivity index (χ1n) is 7.84. The Hall–Kier alpha value is -2.82. The van der Waals surface area contributed by atoms with Gasteiger partial charge in [0.25, 0.3) is 5.91 Å². The third-order valence-corrected chi connectivity index (χ3v) is 3.99. The zero-order valence-electron chi connectivity index (χ0n) is 14.2. The number of amides is 1. The minimum absolute atomic E-state index is 0.00186. The van der Waals surface area contributed by atoms with E-state index in [1.165, 1.54) is 0 Å². The van der Waals surface area contributed by atoms with Crippen LogP contribution < -0.4 is 5.32 Å². The molecule has 0 unspecified atom stereocenters. The number of hydrogen-bond acceptors (Lipinski definition) is 3. The van der Waals surface area contributed by atoms with Gasteiger partial charge in [0.15, 0.2) is 0 Å². The first-order valence-corrected chi connectivity index (χ1v) is 7.84. The van der Waals surface area contributed by atoms with E-state index in [-0.39, 0.29) is 11.5 Å². The summed E-state index contributed by atoms with van der Waals surface area (Å²) in [5.74, 6) is -0.942. The largest absolute Gasteiger partial charge is 0.478 e. The molecule has 5 heteroatoms. The van der Waals surface area contributed by atoms with E-state index in [4.69, 9.17) is 5.11 Å². The van der Waals surface area contributed by atoms with Gasteiger partial charge in [-0.3, -0.25) is 4.79 Å². The van der Waals surface area contributed by atoms with Crippen LogP contribution in [0.25, 0.3) is 0 Å². The Morgan fingerprint density at radius 3 is 2.29 bits per heavy atom. The fraction of sp³-hybridized carbons (Fsp3) is 0.263. The number of aromatic carboxylic acids is 1. The summed E-state index contributed by atoms with van der Waals surface area (Å²) in [6.45, 7) is 5.09. The van der Waals surface area contributed by atoms with Gasteiger partial charge in [-0.1, -0.05) is 18.2 Å². The number of aryl methyl sites for hydroxylation is 1. The van der Waals surface area contributed by atoms with Gasteiger partial charge in [0, 0.05) is 31.4 Å². The minimum atomic E-state index is -0.944. The third kappa shape index (κ3) is 4.13. The fourth-order valence-corrected chi connectivity index (χ4v) is 2.27. The smallest absolute Gasteiger partial charge is 0.335 e. The zero-order chi connectivity index (χ0) is 17.7. The quantitative estimate of drug-likeness (QED) is 0.853. The molecule has 2 aromatic rings. The molecule has 0 saturated heterocycles. The van der Waals surface area contributed by atoms with Crippen molar-refractivity contribution in [2.75, 3.05) is 18.9 Å². The molecule has 0 bridgehead atoms. The standard InChI is InChI=1S/C19H22N2O3/c1-4-21(3)18(22)15-9-6-14(7-10-15)12-20-17-11-16(19(23)24)8-5-13(17)2/h5-11,20H,4,12H2,1-3H3,(H,23,24). The molecule has 5 nitrogen and oxygen atoms in total. The minimum Gasteiger partial charge on any atom is -0.478 e. The normalized spacial score (nSPS) is 10.3. The van der Waals surface area contributed by atoms with Crippen molar-refractivity contribution in [1.29, 1.82) is 0 Å². The van der Waals surface area contributed by atoms with Crippen molar-refractivity contribution in [2.45, 2.75) is 20.4 Å². The van der Waals surface area contributed by atoms with Crippen molar-refractivity contribution in [3.8, 4) is 0 Å². The molecule has 0 aliphatic rings. The summed E-state index contributed by atoms with van der Waals surface area (Å²) in [6.07, 6.45) is 0. The Bertz CT molecular complexity index is 739. The number of carboxylic acid groups (broad SMARTS) is 1. The number of benzene rings is 2. The molecular formula is C19H22N2O3. The molecule has 0 fully saturated rings. The van der Waals surface area contributed by atoms with Crippen molar-refractivity contribution in [3.05, 3.63) is 64.7 Å². The number of anilines is 1. The maximum absolute atomic E-state index is 12.1. The molecule has 0 heterocycles. The van der Waals surface area contributed by atoms with Crippen molar-refractivity contribution >= 4 is 17.6 Å². The summed E-state index contributed by atoms with van der Waals surface area (Å²) in [5.41, 5.74) is 3.71.